The molecule has 1 amide bonds. The lowest BCUT2D eigenvalue weighted by Gasteiger charge is -2.15. The van der Waals surface area contributed by atoms with E-state index in [1.165, 1.54) is 0 Å². The number of aromatic hydroxyl groups is 3. The van der Waals surface area contributed by atoms with Crippen LogP contribution in [0.25, 0.3) is 0 Å². The van der Waals surface area contributed by atoms with Crippen LogP contribution in [-0.2, 0) is 11.2 Å². The maximum absolute atomic E-state index is 12.0. The van der Waals surface area contributed by atoms with Crippen LogP contribution in [0.4, 0.5) is 0 Å². The average Bonchev–Trinajstić information content (AvgIpc) is 2.52. The van der Waals surface area contributed by atoms with E-state index in [2.05, 4.69) is 5.32 Å². The molecule has 5 N–H and O–H groups in total. The summed E-state index contributed by atoms with van der Waals surface area (Å²) in [5, 5.41) is 39.8. The second-order valence-electron chi connectivity index (χ2n) is 4.92. The number of phenolic OH excluding ortho intramolecular Hbond substituents is 3. The number of nitrogens with one attached hydrogen (secondary N) is 1. The molecular weight excluding hydrogens is 302 g/mol. The van der Waals surface area contributed by atoms with Crippen molar-refractivity contribution < 1.29 is 30.0 Å². The summed E-state index contributed by atoms with van der Waals surface area (Å²) in [5.74, 6) is -3.64. The summed E-state index contributed by atoms with van der Waals surface area (Å²) in [6.07, 6.45) is -0.171. The van der Waals surface area contributed by atoms with Gasteiger partial charge in [0.05, 0.1) is 0 Å². The van der Waals surface area contributed by atoms with E-state index in [-0.39, 0.29) is 12.0 Å². The van der Waals surface area contributed by atoms with Gasteiger partial charge in [-0.05, 0) is 29.8 Å². The molecule has 120 valence electrons. The Balaban J connectivity index is 2.17. The van der Waals surface area contributed by atoms with Crippen molar-refractivity contribution >= 4 is 11.9 Å². The van der Waals surface area contributed by atoms with E-state index in [9.17, 15) is 30.0 Å². The molecule has 0 spiro atoms. The van der Waals surface area contributed by atoms with E-state index >= 15 is 0 Å². The number of carbonyl (C=O) groups is 2. The van der Waals surface area contributed by atoms with E-state index in [4.69, 9.17) is 0 Å². The number of carbonyl (C=O) groups excluding carboxylic acids is 1. The van der Waals surface area contributed by atoms with Crippen molar-refractivity contribution in [2.24, 2.45) is 0 Å². The molecule has 0 fully saturated rings. The lowest BCUT2D eigenvalue weighted by molar-refractivity contribution is -0.139. The third-order valence-corrected chi connectivity index (χ3v) is 3.21. The number of rotatable bonds is 5. The first-order valence-electron chi connectivity index (χ1n) is 6.71. The molecule has 1 unspecified atom stereocenters. The summed E-state index contributed by atoms with van der Waals surface area (Å²) in [5.41, 5.74) is 0.564. The lowest BCUT2D eigenvalue weighted by Crippen LogP contribution is -2.42. The smallest absolute Gasteiger partial charge is 0.326 e. The van der Waals surface area contributed by atoms with Gasteiger partial charge in [0.2, 0.25) is 0 Å². The fourth-order valence-electron chi connectivity index (χ4n) is 2.05. The van der Waals surface area contributed by atoms with E-state index in [1.54, 1.807) is 30.3 Å². The Kier molecular flexibility index (Phi) is 4.70. The molecule has 2 aromatic carbocycles. The highest BCUT2D eigenvalue weighted by Crippen LogP contribution is 2.35. The third-order valence-electron chi connectivity index (χ3n) is 3.21. The summed E-state index contributed by atoms with van der Waals surface area (Å²) >= 11 is 0. The molecule has 0 radical (unpaired) electrons. The molecule has 1 atom stereocenters. The summed E-state index contributed by atoms with van der Waals surface area (Å²) < 4.78 is 0. The number of phenols is 3. The van der Waals surface area contributed by atoms with Gasteiger partial charge in [0.1, 0.15) is 6.04 Å². The zero-order valence-electron chi connectivity index (χ0n) is 11.9. The van der Waals surface area contributed by atoms with Crippen LogP contribution in [0.15, 0.2) is 42.5 Å². The molecule has 0 saturated heterocycles. The largest absolute Gasteiger partial charge is 0.504 e. The Labute approximate surface area is 131 Å². The van der Waals surface area contributed by atoms with Crippen molar-refractivity contribution in [3.63, 3.8) is 0 Å². The van der Waals surface area contributed by atoms with Gasteiger partial charge < -0.3 is 25.7 Å². The molecule has 7 heteroatoms. The molecule has 0 aliphatic carbocycles. The highest BCUT2D eigenvalue weighted by atomic mass is 16.4. The second-order valence-corrected chi connectivity index (χ2v) is 4.92. The van der Waals surface area contributed by atoms with Crippen molar-refractivity contribution in [2.75, 3.05) is 0 Å². The minimum absolute atomic E-state index is 0.171. The number of aliphatic carboxylic acids is 1. The first-order chi connectivity index (χ1) is 10.9. The van der Waals surface area contributed by atoms with Gasteiger partial charge in [-0.3, -0.25) is 4.79 Å². The van der Waals surface area contributed by atoms with E-state index < -0.39 is 35.2 Å². The average molecular weight is 317 g/mol. The Morgan fingerprint density at radius 3 is 2.09 bits per heavy atom. The Bertz CT molecular complexity index is 706. The van der Waals surface area contributed by atoms with E-state index in [0.717, 1.165) is 12.1 Å². The number of carboxylic acid groups (broad SMARTS) is 1. The standard InChI is InChI=1S/C16H15NO6/c18-12-7-9(8-13(19)14(12)20)6-11(16(22)23)17-15(21)10-4-2-1-3-5-10/h1-5,7-8,11,18-20H,6H2,(H,17,21)(H,22,23). The van der Waals surface area contributed by atoms with Crippen molar-refractivity contribution in [2.45, 2.75) is 12.5 Å². The molecule has 0 aliphatic rings. The number of hydrogen-bond donors (Lipinski definition) is 5. The Morgan fingerprint density at radius 1 is 1.00 bits per heavy atom. The predicted molar refractivity (Wildman–Crippen MR) is 80.5 cm³/mol. The minimum atomic E-state index is -1.26. The third kappa shape index (κ3) is 3.91. The van der Waals surface area contributed by atoms with Crippen molar-refractivity contribution in [1.29, 1.82) is 0 Å². The number of amides is 1. The van der Waals surface area contributed by atoms with Crippen LogP contribution in [0, 0.1) is 0 Å². The highest BCUT2D eigenvalue weighted by Gasteiger charge is 2.22. The van der Waals surface area contributed by atoms with Crippen molar-refractivity contribution in [3.05, 3.63) is 53.6 Å². The van der Waals surface area contributed by atoms with Crippen molar-refractivity contribution in [1.82, 2.24) is 5.32 Å². The molecule has 2 rings (SSSR count). The van der Waals surface area contributed by atoms with Gasteiger partial charge in [-0.1, -0.05) is 18.2 Å². The molecule has 23 heavy (non-hydrogen) atoms. The van der Waals surface area contributed by atoms with E-state index in [1.807, 2.05) is 0 Å². The van der Waals surface area contributed by atoms with Crippen LogP contribution < -0.4 is 5.32 Å². The van der Waals surface area contributed by atoms with E-state index in [0.29, 0.717) is 5.56 Å². The molecule has 0 bridgehead atoms. The van der Waals surface area contributed by atoms with Gasteiger partial charge in [0.25, 0.3) is 5.91 Å². The molecule has 0 aliphatic heterocycles. The number of benzene rings is 2. The number of carboxylic acids is 1. The molecule has 0 aromatic heterocycles. The van der Waals surface area contributed by atoms with Crippen LogP contribution in [-0.4, -0.2) is 38.3 Å². The fraction of sp³-hybridized carbons (Fsp3) is 0.125. The monoisotopic (exact) mass is 317 g/mol. The zero-order valence-corrected chi connectivity index (χ0v) is 11.9. The normalized spacial score (nSPS) is 11.7. The van der Waals surface area contributed by atoms with Crippen LogP contribution in [0.1, 0.15) is 15.9 Å². The van der Waals surface area contributed by atoms with Gasteiger partial charge in [-0.15, -0.1) is 0 Å². The van der Waals surface area contributed by atoms with Crippen molar-refractivity contribution in [3.8, 4) is 17.2 Å². The highest BCUT2D eigenvalue weighted by molar-refractivity contribution is 5.96. The van der Waals surface area contributed by atoms with Gasteiger partial charge in [0.15, 0.2) is 17.2 Å². The molecule has 2 aromatic rings. The Morgan fingerprint density at radius 2 is 1.57 bits per heavy atom. The first kappa shape index (κ1) is 16.2. The quantitative estimate of drug-likeness (QED) is 0.528. The maximum Gasteiger partial charge on any atom is 0.326 e. The van der Waals surface area contributed by atoms with Crippen LogP contribution in [0.2, 0.25) is 0 Å². The zero-order chi connectivity index (χ0) is 17.0. The maximum atomic E-state index is 12.0. The lowest BCUT2D eigenvalue weighted by atomic mass is 10.0. The summed E-state index contributed by atoms with van der Waals surface area (Å²) in [4.78, 5) is 23.3. The van der Waals surface area contributed by atoms with Gasteiger partial charge >= 0.3 is 5.97 Å². The summed E-state index contributed by atoms with van der Waals surface area (Å²) in [6, 6.07) is 9.12. The predicted octanol–water partition coefficient (Wildman–Crippen LogP) is 1.23. The molecule has 0 saturated carbocycles. The Hall–Kier alpha value is -3.22. The van der Waals surface area contributed by atoms with Gasteiger partial charge in [-0.2, -0.15) is 0 Å². The topological polar surface area (TPSA) is 127 Å². The molecular formula is C16H15NO6. The first-order valence-corrected chi connectivity index (χ1v) is 6.71. The molecule has 0 heterocycles. The van der Waals surface area contributed by atoms with Crippen LogP contribution in [0.5, 0.6) is 17.2 Å². The van der Waals surface area contributed by atoms with Crippen LogP contribution in [0.3, 0.4) is 0 Å². The summed E-state index contributed by atoms with van der Waals surface area (Å²) in [6.45, 7) is 0. The van der Waals surface area contributed by atoms with Gasteiger partial charge in [-0.25, -0.2) is 4.79 Å². The molecule has 7 nitrogen and oxygen atoms in total. The minimum Gasteiger partial charge on any atom is -0.504 e. The number of hydrogen-bond acceptors (Lipinski definition) is 5. The second kappa shape index (κ2) is 6.69. The van der Waals surface area contributed by atoms with Crippen LogP contribution >= 0.6 is 0 Å². The van der Waals surface area contributed by atoms with Gasteiger partial charge in [0, 0.05) is 12.0 Å². The SMILES string of the molecule is O=C(NC(Cc1cc(O)c(O)c(O)c1)C(=O)O)c1ccccc1. The summed E-state index contributed by atoms with van der Waals surface area (Å²) in [7, 11) is 0. The fourth-order valence-corrected chi connectivity index (χ4v) is 2.05.